The summed E-state index contributed by atoms with van der Waals surface area (Å²) in [5.41, 5.74) is 7.71. The van der Waals surface area contributed by atoms with Crippen molar-refractivity contribution in [2.24, 2.45) is 5.73 Å². The smallest absolute Gasteiger partial charge is 0.267 e. The second-order valence-electron chi connectivity index (χ2n) is 5.14. The van der Waals surface area contributed by atoms with Gasteiger partial charge in [0, 0.05) is 6.20 Å². The maximum absolute atomic E-state index is 13.0. The molecule has 2 heterocycles. The van der Waals surface area contributed by atoms with Gasteiger partial charge in [-0.05, 0) is 38.1 Å². The molecular formula is C16H15ClN4O. The zero-order valence-electron chi connectivity index (χ0n) is 12.2. The number of hydrogen-bond acceptors (Lipinski definition) is 4. The summed E-state index contributed by atoms with van der Waals surface area (Å²) in [6.07, 6.45) is 1.68. The van der Waals surface area contributed by atoms with Crippen molar-refractivity contribution in [2.75, 3.05) is 0 Å². The van der Waals surface area contributed by atoms with E-state index in [0.717, 1.165) is 5.69 Å². The van der Waals surface area contributed by atoms with Crippen LogP contribution >= 0.6 is 11.6 Å². The first-order valence-electron chi connectivity index (χ1n) is 6.89. The van der Waals surface area contributed by atoms with Crippen LogP contribution < -0.4 is 11.3 Å². The Kier molecular flexibility index (Phi) is 3.68. The first-order valence-corrected chi connectivity index (χ1v) is 7.27. The third-order valence-corrected chi connectivity index (χ3v) is 3.81. The summed E-state index contributed by atoms with van der Waals surface area (Å²) < 4.78 is 1.50. The van der Waals surface area contributed by atoms with Gasteiger partial charge in [0.25, 0.3) is 5.56 Å². The van der Waals surface area contributed by atoms with Gasteiger partial charge in [-0.1, -0.05) is 17.7 Å². The summed E-state index contributed by atoms with van der Waals surface area (Å²) in [5, 5.41) is 0.762. The number of rotatable bonds is 2. The molecule has 1 unspecified atom stereocenters. The summed E-state index contributed by atoms with van der Waals surface area (Å²) in [5.74, 6) is 0.482. The lowest BCUT2D eigenvalue weighted by Crippen LogP contribution is -2.28. The fourth-order valence-corrected chi connectivity index (χ4v) is 2.71. The Labute approximate surface area is 132 Å². The SMILES string of the molecule is Cc1ncccc1-n1c(C(C)N)nc2cccc(Cl)c2c1=O. The highest BCUT2D eigenvalue weighted by molar-refractivity contribution is 6.35. The Morgan fingerprint density at radius 2 is 2.05 bits per heavy atom. The van der Waals surface area contributed by atoms with Gasteiger partial charge in [0.2, 0.25) is 0 Å². The van der Waals surface area contributed by atoms with Crippen LogP contribution in [-0.4, -0.2) is 14.5 Å². The van der Waals surface area contributed by atoms with Gasteiger partial charge in [0.1, 0.15) is 5.82 Å². The Morgan fingerprint density at radius 3 is 2.73 bits per heavy atom. The van der Waals surface area contributed by atoms with Crippen molar-refractivity contribution < 1.29 is 0 Å². The average molecular weight is 315 g/mol. The molecule has 0 saturated carbocycles. The summed E-state index contributed by atoms with van der Waals surface area (Å²) >= 11 is 6.19. The van der Waals surface area contributed by atoms with Crippen LogP contribution in [0.5, 0.6) is 0 Å². The van der Waals surface area contributed by atoms with Gasteiger partial charge in [-0.2, -0.15) is 0 Å². The fourth-order valence-electron chi connectivity index (χ4n) is 2.46. The molecular weight excluding hydrogens is 300 g/mol. The molecule has 3 rings (SSSR count). The normalized spacial score (nSPS) is 12.5. The summed E-state index contributed by atoms with van der Waals surface area (Å²) in [6.45, 7) is 3.63. The van der Waals surface area contributed by atoms with E-state index in [4.69, 9.17) is 17.3 Å². The van der Waals surface area contributed by atoms with Crippen LogP contribution in [0.1, 0.15) is 24.5 Å². The molecule has 6 heteroatoms. The molecule has 0 radical (unpaired) electrons. The first-order chi connectivity index (χ1) is 10.5. The molecule has 5 nitrogen and oxygen atoms in total. The first kappa shape index (κ1) is 14.7. The second kappa shape index (κ2) is 5.51. The monoisotopic (exact) mass is 314 g/mol. The molecule has 0 amide bonds. The quantitative estimate of drug-likeness (QED) is 0.789. The van der Waals surface area contributed by atoms with Crippen molar-refractivity contribution >= 4 is 22.5 Å². The molecule has 0 saturated heterocycles. The average Bonchev–Trinajstić information content (AvgIpc) is 2.48. The minimum Gasteiger partial charge on any atom is -0.322 e. The van der Waals surface area contributed by atoms with E-state index in [9.17, 15) is 4.79 Å². The summed E-state index contributed by atoms with van der Waals surface area (Å²) in [4.78, 5) is 21.8. The minimum absolute atomic E-state index is 0.237. The number of benzene rings is 1. The maximum atomic E-state index is 13.0. The van der Waals surface area contributed by atoms with Crippen molar-refractivity contribution in [1.29, 1.82) is 0 Å². The molecule has 22 heavy (non-hydrogen) atoms. The molecule has 2 aromatic heterocycles. The molecule has 0 fully saturated rings. The van der Waals surface area contributed by atoms with Crippen molar-refractivity contribution in [3.63, 3.8) is 0 Å². The Bertz CT molecular complexity index is 918. The Hall–Kier alpha value is -2.24. The van der Waals surface area contributed by atoms with Gasteiger partial charge >= 0.3 is 0 Å². The molecule has 112 valence electrons. The Balaban J connectivity index is 2.50. The van der Waals surface area contributed by atoms with Gasteiger partial charge in [-0.3, -0.25) is 14.3 Å². The fraction of sp³-hybridized carbons (Fsp3) is 0.188. The molecule has 1 atom stereocenters. The standard InChI is InChI=1S/C16H15ClN4O/c1-9(18)15-20-12-6-3-5-11(17)14(12)16(22)21(15)13-7-4-8-19-10(13)2/h3-9H,18H2,1-2H3. The number of pyridine rings is 1. The van der Waals surface area contributed by atoms with Crippen molar-refractivity contribution in [2.45, 2.75) is 19.9 Å². The minimum atomic E-state index is -0.407. The largest absolute Gasteiger partial charge is 0.322 e. The van der Waals surface area contributed by atoms with E-state index >= 15 is 0 Å². The van der Waals surface area contributed by atoms with E-state index in [0.29, 0.717) is 27.4 Å². The topological polar surface area (TPSA) is 73.8 Å². The molecule has 2 N–H and O–H groups in total. The zero-order chi connectivity index (χ0) is 15.9. The number of fused-ring (bicyclic) bond motifs is 1. The van der Waals surface area contributed by atoms with Gasteiger partial charge in [0.15, 0.2) is 0 Å². The van der Waals surface area contributed by atoms with Gasteiger partial charge in [-0.15, -0.1) is 0 Å². The third kappa shape index (κ3) is 2.28. The molecule has 0 bridgehead atoms. The highest BCUT2D eigenvalue weighted by atomic mass is 35.5. The lowest BCUT2D eigenvalue weighted by molar-refractivity contribution is 0.693. The molecule has 0 aliphatic carbocycles. The van der Waals surface area contributed by atoms with Crippen LogP contribution in [0.15, 0.2) is 41.3 Å². The lowest BCUT2D eigenvalue weighted by Gasteiger charge is -2.17. The second-order valence-corrected chi connectivity index (χ2v) is 5.55. The lowest BCUT2D eigenvalue weighted by atomic mass is 10.2. The maximum Gasteiger partial charge on any atom is 0.267 e. The molecule has 0 spiro atoms. The zero-order valence-corrected chi connectivity index (χ0v) is 13.0. The van der Waals surface area contributed by atoms with E-state index in [1.165, 1.54) is 4.57 Å². The van der Waals surface area contributed by atoms with Crippen LogP contribution in [0, 0.1) is 6.92 Å². The number of hydrogen-bond donors (Lipinski definition) is 1. The van der Waals surface area contributed by atoms with Crippen molar-refractivity contribution in [1.82, 2.24) is 14.5 Å². The van der Waals surface area contributed by atoms with Crippen LogP contribution in [-0.2, 0) is 0 Å². The summed E-state index contributed by atoms with van der Waals surface area (Å²) in [7, 11) is 0. The predicted molar refractivity (Wildman–Crippen MR) is 87.5 cm³/mol. The highest BCUT2D eigenvalue weighted by Crippen LogP contribution is 2.22. The van der Waals surface area contributed by atoms with E-state index in [2.05, 4.69) is 9.97 Å². The van der Waals surface area contributed by atoms with Crippen molar-refractivity contribution in [3.8, 4) is 5.69 Å². The molecule has 0 aliphatic rings. The molecule has 3 aromatic rings. The molecule has 1 aromatic carbocycles. The van der Waals surface area contributed by atoms with Crippen molar-refractivity contribution in [3.05, 3.63) is 63.4 Å². The van der Waals surface area contributed by atoms with Crippen LogP contribution in [0.2, 0.25) is 5.02 Å². The van der Waals surface area contributed by atoms with E-state index in [1.54, 1.807) is 37.4 Å². The van der Waals surface area contributed by atoms with E-state index in [-0.39, 0.29) is 5.56 Å². The molecule has 0 aliphatic heterocycles. The predicted octanol–water partition coefficient (Wildman–Crippen LogP) is 2.76. The van der Waals surface area contributed by atoms with Gasteiger partial charge in [0.05, 0.1) is 33.3 Å². The van der Waals surface area contributed by atoms with Crippen LogP contribution in [0.4, 0.5) is 0 Å². The Morgan fingerprint density at radius 1 is 1.27 bits per heavy atom. The van der Waals surface area contributed by atoms with Crippen LogP contribution in [0.25, 0.3) is 16.6 Å². The number of aryl methyl sites for hydroxylation is 1. The van der Waals surface area contributed by atoms with E-state index < -0.39 is 6.04 Å². The number of nitrogens with zero attached hydrogens (tertiary/aromatic N) is 3. The van der Waals surface area contributed by atoms with E-state index in [1.807, 2.05) is 13.0 Å². The highest BCUT2D eigenvalue weighted by Gasteiger charge is 2.18. The number of aromatic nitrogens is 3. The summed E-state index contributed by atoms with van der Waals surface area (Å²) in [6, 6.07) is 8.39. The number of halogens is 1. The van der Waals surface area contributed by atoms with Gasteiger partial charge < -0.3 is 5.73 Å². The third-order valence-electron chi connectivity index (χ3n) is 3.50. The van der Waals surface area contributed by atoms with Gasteiger partial charge in [-0.25, -0.2) is 4.98 Å². The number of nitrogens with two attached hydrogens (primary N) is 1. The van der Waals surface area contributed by atoms with Crippen LogP contribution in [0.3, 0.4) is 0 Å².